The second-order valence-electron chi connectivity index (χ2n) is 4.89. The Morgan fingerprint density at radius 1 is 1.14 bits per heavy atom. The number of aromatic nitrogens is 1. The van der Waals surface area contributed by atoms with Crippen LogP contribution in [0.2, 0.25) is 0 Å². The molecule has 0 radical (unpaired) electrons. The zero-order valence-electron chi connectivity index (χ0n) is 12.0. The molecule has 2 aromatic carbocycles. The zero-order valence-corrected chi connectivity index (χ0v) is 12.0. The predicted octanol–water partition coefficient (Wildman–Crippen LogP) is 4.12. The minimum Gasteiger partial charge on any atom is -0.417 e. The molecule has 0 aliphatic heterocycles. The van der Waals surface area contributed by atoms with Crippen LogP contribution in [0.4, 0.5) is 0 Å². The summed E-state index contributed by atoms with van der Waals surface area (Å²) in [4.78, 5) is 4.31. The molecule has 3 rings (SSSR count). The molecule has 0 atom stereocenters. The number of rotatable bonds is 6. The van der Waals surface area contributed by atoms with Crippen molar-refractivity contribution in [3.63, 3.8) is 0 Å². The lowest BCUT2D eigenvalue weighted by Gasteiger charge is -2.02. The molecule has 4 heteroatoms. The van der Waals surface area contributed by atoms with E-state index in [2.05, 4.69) is 29.4 Å². The second kappa shape index (κ2) is 6.41. The molecule has 4 nitrogen and oxygen atoms in total. The van der Waals surface area contributed by atoms with Crippen molar-refractivity contribution in [3.05, 3.63) is 54.4 Å². The number of ether oxygens (including phenoxy) is 1. The van der Waals surface area contributed by atoms with Gasteiger partial charge in [0.15, 0.2) is 0 Å². The van der Waals surface area contributed by atoms with Crippen molar-refractivity contribution in [3.8, 4) is 11.8 Å². The number of benzene rings is 2. The first kappa shape index (κ1) is 13.6. The average molecular weight is 282 g/mol. The van der Waals surface area contributed by atoms with Crippen LogP contribution < -0.4 is 10.1 Å². The summed E-state index contributed by atoms with van der Waals surface area (Å²) in [6.45, 7) is 3.79. The van der Waals surface area contributed by atoms with Crippen molar-refractivity contribution in [2.45, 2.75) is 19.9 Å². The number of hydrogen-bond acceptors (Lipinski definition) is 4. The average Bonchev–Trinajstić information content (AvgIpc) is 2.95. The van der Waals surface area contributed by atoms with Crippen LogP contribution in [-0.4, -0.2) is 11.5 Å². The molecule has 0 aliphatic rings. The molecule has 0 saturated heterocycles. The molecule has 0 spiro atoms. The summed E-state index contributed by atoms with van der Waals surface area (Å²) in [6, 6.07) is 14.1. The fourth-order valence-electron chi connectivity index (χ4n) is 2.14. The Bertz CT molecular complexity index is 721. The number of nitrogens with one attached hydrogen (secondary N) is 1. The molecule has 0 fully saturated rings. The SMILES string of the molecule is CCCNCc1coc(Oc2ccc3ccccc3c2)n1. The number of oxazole rings is 1. The summed E-state index contributed by atoms with van der Waals surface area (Å²) in [5.74, 6) is 0.726. The summed E-state index contributed by atoms with van der Waals surface area (Å²) in [7, 11) is 0. The number of hydrogen-bond donors (Lipinski definition) is 1. The van der Waals surface area contributed by atoms with E-state index in [-0.39, 0.29) is 6.08 Å². The van der Waals surface area contributed by atoms with Crippen LogP contribution in [0.15, 0.2) is 53.1 Å². The maximum Gasteiger partial charge on any atom is 0.399 e. The largest absolute Gasteiger partial charge is 0.417 e. The van der Waals surface area contributed by atoms with Crippen molar-refractivity contribution in [1.29, 1.82) is 0 Å². The maximum atomic E-state index is 5.67. The molecule has 1 N–H and O–H groups in total. The highest BCUT2D eigenvalue weighted by Gasteiger charge is 2.06. The molecule has 21 heavy (non-hydrogen) atoms. The lowest BCUT2D eigenvalue weighted by atomic mass is 10.1. The predicted molar refractivity (Wildman–Crippen MR) is 82.5 cm³/mol. The van der Waals surface area contributed by atoms with Crippen molar-refractivity contribution in [2.75, 3.05) is 6.54 Å². The van der Waals surface area contributed by atoms with Crippen LogP contribution in [0.3, 0.4) is 0 Å². The molecule has 108 valence electrons. The Kier molecular flexibility index (Phi) is 4.17. The van der Waals surface area contributed by atoms with Crippen LogP contribution in [0.5, 0.6) is 11.8 Å². The van der Waals surface area contributed by atoms with Crippen LogP contribution in [0.1, 0.15) is 19.0 Å². The summed E-state index contributed by atoms with van der Waals surface area (Å²) in [5.41, 5.74) is 0.847. The molecule has 0 aliphatic carbocycles. The molecule has 3 aromatic rings. The molecule has 1 aromatic heterocycles. The van der Waals surface area contributed by atoms with E-state index in [0.717, 1.165) is 29.8 Å². The van der Waals surface area contributed by atoms with Gasteiger partial charge in [-0.25, -0.2) is 0 Å². The fraction of sp³-hybridized carbons (Fsp3) is 0.235. The van der Waals surface area contributed by atoms with Crippen LogP contribution in [0.25, 0.3) is 10.8 Å². The van der Waals surface area contributed by atoms with E-state index in [1.807, 2.05) is 30.3 Å². The lowest BCUT2D eigenvalue weighted by Crippen LogP contribution is -2.13. The minimum absolute atomic E-state index is 0.276. The normalized spacial score (nSPS) is 10.9. The highest BCUT2D eigenvalue weighted by Crippen LogP contribution is 2.25. The summed E-state index contributed by atoms with van der Waals surface area (Å²) in [6.07, 6.45) is 3.00. The van der Waals surface area contributed by atoms with Crippen LogP contribution in [-0.2, 0) is 6.54 Å². The number of fused-ring (bicyclic) bond motifs is 1. The third-order valence-electron chi connectivity index (χ3n) is 3.19. The molecule has 0 bridgehead atoms. The summed E-state index contributed by atoms with van der Waals surface area (Å²) < 4.78 is 11.0. The first-order valence-corrected chi connectivity index (χ1v) is 7.17. The Hall–Kier alpha value is -2.33. The molecular formula is C17H18N2O2. The Labute approximate surface area is 123 Å². The van der Waals surface area contributed by atoms with Gasteiger partial charge in [0.1, 0.15) is 12.0 Å². The smallest absolute Gasteiger partial charge is 0.399 e. The molecular weight excluding hydrogens is 264 g/mol. The third kappa shape index (κ3) is 3.41. The van der Waals surface area contributed by atoms with Gasteiger partial charge in [-0.3, -0.25) is 0 Å². The van der Waals surface area contributed by atoms with Crippen molar-refractivity contribution < 1.29 is 9.15 Å². The highest BCUT2D eigenvalue weighted by molar-refractivity contribution is 5.83. The zero-order chi connectivity index (χ0) is 14.5. The van der Waals surface area contributed by atoms with Gasteiger partial charge >= 0.3 is 6.08 Å². The van der Waals surface area contributed by atoms with Crippen LogP contribution >= 0.6 is 0 Å². The van der Waals surface area contributed by atoms with Gasteiger partial charge in [-0.2, -0.15) is 4.98 Å². The number of nitrogens with zero attached hydrogens (tertiary/aromatic N) is 1. The second-order valence-corrected chi connectivity index (χ2v) is 4.89. The van der Waals surface area contributed by atoms with Crippen molar-refractivity contribution in [2.24, 2.45) is 0 Å². The van der Waals surface area contributed by atoms with Crippen molar-refractivity contribution in [1.82, 2.24) is 10.3 Å². The van der Waals surface area contributed by atoms with Crippen LogP contribution in [0, 0.1) is 0 Å². The van der Waals surface area contributed by atoms with Gasteiger partial charge < -0.3 is 14.5 Å². The topological polar surface area (TPSA) is 47.3 Å². The maximum absolute atomic E-state index is 5.67. The van der Waals surface area contributed by atoms with E-state index >= 15 is 0 Å². The van der Waals surface area contributed by atoms with Gasteiger partial charge in [-0.1, -0.05) is 37.3 Å². The first-order chi connectivity index (χ1) is 10.3. The van der Waals surface area contributed by atoms with Crippen molar-refractivity contribution >= 4 is 10.8 Å². The lowest BCUT2D eigenvalue weighted by molar-refractivity contribution is 0.331. The minimum atomic E-state index is 0.276. The Balaban J connectivity index is 1.70. The standard InChI is InChI=1S/C17H18N2O2/c1-2-9-18-11-15-12-20-17(19-15)21-16-8-7-13-5-3-4-6-14(13)10-16/h3-8,10,12,18H,2,9,11H2,1H3. The van der Waals surface area contributed by atoms with Gasteiger partial charge in [0.2, 0.25) is 0 Å². The molecule has 0 saturated carbocycles. The molecule has 0 unspecified atom stereocenters. The Morgan fingerprint density at radius 3 is 2.86 bits per heavy atom. The van der Waals surface area contributed by atoms with Gasteiger partial charge in [-0.15, -0.1) is 0 Å². The van der Waals surface area contributed by atoms with Gasteiger partial charge in [0.05, 0.1) is 5.69 Å². The van der Waals surface area contributed by atoms with E-state index < -0.39 is 0 Å². The van der Waals surface area contributed by atoms with E-state index in [0.29, 0.717) is 6.54 Å². The first-order valence-electron chi connectivity index (χ1n) is 7.17. The monoisotopic (exact) mass is 282 g/mol. The Morgan fingerprint density at radius 2 is 2.00 bits per heavy atom. The summed E-state index contributed by atoms with van der Waals surface area (Å²) in [5, 5.41) is 5.59. The van der Waals surface area contributed by atoms with E-state index in [9.17, 15) is 0 Å². The third-order valence-corrected chi connectivity index (χ3v) is 3.19. The fourth-order valence-corrected chi connectivity index (χ4v) is 2.14. The van der Waals surface area contributed by atoms with Gasteiger partial charge in [-0.05, 0) is 35.9 Å². The quantitative estimate of drug-likeness (QED) is 0.691. The highest BCUT2D eigenvalue weighted by atomic mass is 16.6. The van der Waals surface area contributed by atoms with Gasteiger partial charge in [0.25, 0.3) is 0 Å². The molecule has 1 heterocycles. The van der Waals surface area contributed by atoms with Gasteiger partial charge in [0, 0.05) is 6.54 Å². The molecule has 0 amide bonds. The van der Waals surface area contributed by atoms with E-state index in [4.69, 9.17) is 9.15 Å². The summed E-state index contributed by atoms with van der Waals surface area (Å²) >= 11 is 0. The van der Waals surface area contributed by atoms with E-state index in [1.165, 1.54) is 5.39 Å². The van der Waals surface area contributed by atoms with E-state index in [1.54, 1.807) is 6.26 Å².